The zero-order valence-corrected chi connectivity index (χ0v) is 11.1. The number of anilines is 1. The maximum absolute atomic E-state index is 11.9. The summed E-state index contributed by atoms with van der Waals surface area (Å²) in [6, 6.07) is 8.86. The van der Waals surface area contributed by atoms with Crippen LogP contribution in [-0.2, 0) is 6.54 Å². The fraction of sp³-hybridized carbons (Fsp3) is 0.0769. The van der Waals surface area contributed by atoms with Gasteiger partial charge >= 0.3 is 0 Å². The predicted octanol–water partition coefficient (Wildman–Crippen LogP) is 2.36. The Balaban J connectivity index is 2.02. The monoisotopic (exact) mass is 305 g/mol. The SMILES string of the molecule is Nc1cc(C(=O)NCc2cccnc2)ccc1Br. The molecule has 92 valence electrons. The first kappa shape index (κ1) is 12.6. The summed E-state index contributed by atoms with van der Waals surface area (Å²) in [5, 5.41) is 2.81. The minimum absolute atomic E-state index is 0.155. The van der Waals surface area contributed by atoms with Gasteiger partial charge in [0.25, 0.3) is 5.91 Å². The average Bonchev–Trinajstić information content (AvgIpc) is 2.40. The van der Waals surface area contributed by atoms with E-state index in [-0.39, 0.29) is 5.91 Å². The fourth-order valence-electron chi connectivity index (χ4n) is 1.47. The van der Waals surface area contributed by atoms with Crippen LogP contribution >= 0.6 is 15.9 Å². The van der Waals surface area contributed by atoms with E-state index in [1.807, 2.05) is 12.1 Å². The first-order valence-corrected chi connectivity index (χ1v) is 6.18. The number of carbonyl (C=O) groups is 1. The normalized spacial score (nSPS) is 10.1. The van der Waals surface area contributed by atoms with Crippen molar-refractivity contribution in [3.63, 3.8) is 0 Å². The van der Waals surface area contributed by atoms with Gasteiger partial charge in [0.2, 0.25) is 0 Å². The van der Waals surface area contributed by atoms with Crippen LogP contribution in [0.3, 0.4) is 0 Å². The zero-order chi connectivity index (χ0) is 13.0. The van der Waals surface area contributed by atoms with Crippen molar-refractivity contribution in [2.45, 2.75) is 6.54 Å². The minimum Gasteiger partial charge on any atom is -0.398 e. The Hall–Kier alpha value is -1.88. The first-order chi connectivity index (χ1) is 8.66. The summed E-state index contributed by atoms with van der Waals surface area (Å²) in [7, 11) is 0. The lowest BCUT2D eigenvalue weighted by atomic mass is 10.2. The summed E-state index contributed by atoms with van der Waals surface area (Å²) in [4.78, 5) is 15.9. The van der Waals surface area contributed by atoms with Crippen molar-refractivity contribution < 1.29 is 4.79 Å². The van der Waals surface area contributed by atoms with Crippen molar-refractivity contribution >= 4 is 27.5 Å². The van der Waals surface area contributed by atoms with E-state index >= 15 is 0 Å². The minimum atomic E-state index is -0.155. The molecule has 18 heavy (non-hydrogen) atoms. The number of nitrogens with two attached hydrogens (primary N) is 1. The lowest BCUT2D eigenvalue weighted by Crippen LogP contribution is -2.22. The summed E-state index contributed by atoms with van der Waals surface area (Å²) in [5.74, 6) is -0.155. The fourth-order valence-corrected chi connectivity index (χ4v) is 1.72. The number of nitrogen functional groups attached to an aromatic ring is 1. The Bertz CT molecular complexity index is 557. The standard InChI is InChI=1S/C13H12BrN3O/c14-11-4-3-10(6-12(11)15)13(18)17-8-9-2-1-5-16-7-9/h1-7H,8,15H2,(H,17,18). The number of rotatable bonds is 3. The highest BCUT2D eigenvalue weighted by atomic mass is 79.9. The van der Waals surface area contributed by atoms with Gasteiger partial charge in [-0.15, -0.1) is 0 Å². The van der Waals surface area contributed by atoms with Crippen molar-refractivity contribution in [2.24, 2.45) is 0 Å². The number of carbonyl (C=O) groups excluding carboxylic acids is 1. The molecule has 0 aliphatic rings. The van der Waals surface area contributed by atoms with Gasteiger partial charge in [0.05, 0.1) is 0 Å². The van der Waals surface area contributed by atoms with Gasteiger partial charge in [0, 0.05) is 34.7 Å². The van der Waals surface area contributed by atoms with Crippen LogP contribution in [0.4, 0.5) is 5.69 Å². The summed E-state index contributed by atoms with van der Waals surface area (Å²) < 4.78 is 0.784. The number of aromatic nitrogens is 1. The second-order valence-electron chi connectivity index (χ2n) is 3.78. The average molecular weight is 306 g/mol. The van der Waals surface area contributed by atoms with Gasteiger partial charge in [-0.1, -0.05) is 6.07 Å². The Morgan fingerprint density at radius 2 is 2.22 bits per heavy atom. The predicted molar refractivity (Wildman–Crippen MR) is 74.0 cm³/mol. The third kappa shape index (κ3) is 3.07. The molecular weight excluding hydrogens is 294 g/mol. The number of hydrogen-bond donors (Lipinski definition) is 2. The van der Waals surface area contributed by atoms with Crippen molar-refractivity contribution in [3.8, 4) is 0 Å². The van der Waals surface area contributed by atoms with Crippen molar-refractivity contribution in [1.82, 2.24) is 10.3 Å². The lowest BCUT2D eigenvalue weighted by Gasteiger charge is -2.06. The molecule has 0 saturated heterocycles. The van der Waals surface area contributed by atoms with Gasteiger partial charge in [0.1, 0.15) is 0 Å². The number of halogens is 1. The molecule has 1 amide bonds. The number of pyridine rings is 1. The maximum Gasteiger partial charge on any atom is 0.251 e. The molecule has 0 atom stereocenters. The third-order valence-electron chi connectivity index (χ3n) is 2.43. The third-order valence-corrected chi connectivity index (χ3v) is 3.16. The summed E-state index contributed by atoms with van der Waals surface area (Å²) in [5.41, 5.74) is 7.77. The van der Waals surface area contributed by atoms with Gasteiger partial charge in [-0.2, -0.15) is 0 Å². The smallest absolute Gasteiger partial charge is 0.251 e. The highest BCUT2D eigenvalue weighted by molar-refractivity contribution is 9.10. The van der Waals surface area contributed by atoms with Gasteiger partial charge in [-0.25, -0.2) is 0 Å². The van der Waals surface area contributed by atoms with E-state index in [4.69, 9.17) is 5.73 Å². The molecule has 0 fully saturated rings. The van der Waals surface area contributed by atoms with Crippen LogP contribution in [0.5, 0.6) is 0 Å². The first-order valence-electron chi connectivity index (χ1n) is 5.39. The zero-order valence-electron chi connectivity index (χ0n) is 9.56. The van der Waals surface area contributed by atoms with Crippen molar-refractivity contribution in [3.05, 3.63) is 58.3 Å². The number of nitrogens with zero attached hydrogens (tertiary/aromatic N) is 1. The highest BCUT2D eigenvalue weighted by Gasteiger charge is 2.06. The van der Waals surface area contributed by atoms with E-state index in [1.54, 1.807) is 30.6 Å². The van der Waals surface area contributed by atoms with E-state index in [0.717, 1.165) is 10.0 Å². The Morgan fingerprint density at radius 1 is 1.39 bits per heavy atom. The van der Waals surface area contributed by atoms with Gasteiger partial charge in [-0.05, 0) is 45.8 Å². The molecule has 1 aromatic heterocycles. The van der Waals surface area contributed by atoms with Gasteiger partial charge < -0.3 is 11.1 Å². The molecular formula is C13H12BrN3O. The second-order valence-corrected chi connectivity index (χ2v) is 4.63. The Labute approximate surface area is 113 Å². The lowest BCUT2D eigenvalue weighted by molar-refractivity contribution is 0.0951. The van der Waals surface area contributed by atoms with Crippen molar-refractivity contribution in [2.75, 3.05) is 5.73 Å². The number of nitrogens with one attached hydrogen (secondary N) is 1. The molecule has 0 saturated carbocycles. The van der Waals surface area contributed by atoms with Crippen LogP contribution in [-0.4, -0.2) is 10.9 Å². The maximum atomic E-state index is 11.9. The van der Waals surface area contributed by atoms with Gasteiger partial charge in [-0.3, -0.25) is 9.78 Å². The molecule has 2 rings (SSSR count). The molecule has 0 aliphatic heterocycles. The van der Waals surface area contributed by atoms with E-state index in [2.05, 4.69) is 26.2 Å². The van der Waals surface area contributed by atoms with Gasteiger partial charge in [0.15, 0.2) is 0 Å². The molecule has 0 radical (unpaired) electrons. The summed E-state index contributed by atoms with van der Waals surface area (Å²) in [6.07, 6.45) is 3.41. The highest BCUT2D eigenvalue weighted by Crippen LogP contribution is 2.20. The van der Waals surface area contributed by atoms with Crippen LogP contribution in [0.1, 0.15) is 15.9 Å². The molecule has 0 spiro atoms. The molecule has 2 aromatic rings. The second kappa shape index (κ2) is 5.64. The largest absolute Gasteiger partial charge is 0.398 e. The summed E-state index contributed by atoms with van der Waals surface area (Å²) >= 11 is 3.29. The molecule has 1 aromatic carbocycles. The van der Waals surface area contributed by atoms with Crippen LogP contribution in [0.25, 0.3) is 0 Å². The molecule has 0 unspecified atom stereocenters. The number of amides is 1. The van der Waals surface area contributed by atoms with Crippen LogP contribution < -0.4 is 11.1 Å². The van der Waals surface area contributed by atoms with E-state index < -0.39 is 0 Å². The molecule has 4 nitrogen and oxygen atoms in total. The van der Waals surface area contributed by atoms with Crippen LogP contribution in [0, 0.1) is 0 Å². The van der Waals surface area contributed by atoms with E-state index in [0.29, 0.717) is 17.8 Å². The van der Waals surface area contributed by atoms with Crippen LogP contribution in [0.2, 0.25) is 0 Å². The van der Waals surface area contributed by atoms with Crippen molar-refractivity contribution in [1.29, 1.82) is 0 Å². The molecule has 5 heteroatoms. The van der Waals surface area contributed by atoms with Crippen LogP contribution in [0.15, 0.2) is 47.2 Å². The summed E-state index contributed by atoms with van der Waals surface area (Å²) in [6.45, 7) is 0.447. The van der Waals surface area contributed by atoms with E-state index in [1.165, 1.54) is 0 Å². The molecule has 0 bridgehead atoms. The Kier molecular flexibility index (Phi) is 3.94. The molecule has 1 heterocycles. The quantitative estimate of drug-likeness (QED) is 0.855. The number of benzene rings is 1. The van der Waals surface area contributed by atoms with E-state index in [9.17, 15) is 4.79 Å². The molecule has 3 N–H and O–H groups in total. The molecule has 0 aliphatic carbocycles. The Morgan fingerprint density at radius 3 is 2.89 bits per heavy atom. The topological polar surface area (TPSA) is 68.0 Å². The number of hydrogen-bond acceptors (Lipinski definition) is 3.